The summed E-state index contributed by atoms with van der Waals surface area (Å²) < 4.78 is 25.6. The van der Waals surface area contributed by atoms with Crippen LogP contribution < -0.4 is 0 Å². The van der Waals surface area contributed by atoms with E-state index in [1.165, 1.54) is 0 Å². The number of esters is 4. The number of aliphatic hydroxyl groups is 1. The molecule has 0 amide bonds. The van der Waals surface area contributed by atoms with Crippen LogP contribution in [-0.2, 0) is 47.7 Å². The van der Waals surface area contributed by atoms with Gasteiger partial charge in [0, 0.05) is 27.7 Å². The third-order valence-electron chi connectivity index (χ3n) is 3.69. The van der Waals surface area contributed by atoms with Crippen molar-refractivity contribution in [3.05, 3.63) is 0 Å². The van der Waals surface area contributed by atoms with Crippen LogP contribution in [0.5, 0.6) is 0 Å². The fourth-order valence-corrected chi connectivity index (χ4v) is 2.69. The first-order valence-corrected chi connectivity index (χ1v) is 7.93. The number of rotatable bonds is 6. The Morgan fingerprint density at radius 1 is 0.778 bits per heavy atom. The molecule has 0 aromatic carbocycles. The van der Waals surface area contributed by atoms with Gasteiger partial charge in [-0.1, -0.05) is 0 Å². The average molecular weight is 390 g/mol. The minimum Gasteiger partial charge on any atom is -0.455 e. The Morgan fingerprint density at radius 3 is 1.59 bits per heavy atom. The number of hydrogen-bond acceptors (Lipinski definition) is 11. The fraction of sp³-hybridized carbons (Fsp3) is 0.688. The lowest BCUT2D eigenvalue weighted by atomic mass is 9.83. The average Bonchev–Trinajstić information content (AvgIpc) is 2.50. The number of ketones is 1. The molecular formula is C16H22O11. The highest BCUT2D eigenvalue weighted by Crippen LogP contribution is 2.37. The van der Waals surface area contributed by atoms with E-state index in [2.05, 4.69) is 0 Å². The van der Waals surface area contributed by atoms with E-state index < -0.39 is 66.5 Å². The summed E-state index contributed by atoms with van der Waals surface area (Å²) >= 11 is 0. The zero-order chi connectivity index (χ0) is 20.9. The first-order valence-electron chi connectivity index (χ1n) is 7.93. The molecule has 27 heavy (non-hydrogen) atoms. The van der Waals surface area contributed by atoms with E-state index in [1.807, 2.05) is 0 Å². The predicted octanol–water partition coefficient (Wildman–Crippen LogP) is -0.979. The maximum Gasteiger partial charge on any atom is 0.305 e. The first kappa shape index (κ1) is 22.5. The van der Waals surface area contributed by atoms with Crippen molar-refractivity contribution >= 4 is 29.7 Å². The summed E-state index contributed by atoms with van der Waals surface area (Å²) in [6.07, 6.45) is -6.53. The number of aliphatic hydroxyl groups excluding tert-OH is 1. The third kappa shape index (κ3) is 5.23. The Bertz CT molecular complexity index is 628. The summed E-state index contributed by atoms with van der Waals surface area (Å²) in [6.45, 7) is 4.15. The maximum absolute atomic E-state index is 12.3. The predicted molar refractivity (Wildman–Crippen MR) is 83.8 cm³/mol. The lowest BCUT2D eigenvalue weighted by Gasteiger charge is -2.48. The molecule has 0 aromatic rings. The molecule has 0 unspecified atom stereocenters. The van der Waals surface area contributed by atoms with Crippen molar-refractivity contribution < 1.29 is 52.8 Å². The molecule has 0 saturated carbocycles. The molecule has 0 aromatic heterocycles. The van der Waals surface area contributed by atoms with Crippen LogP contribution in [0.4, 0.5) is 0 Å². The summed E-state index contributed by atoms with van der Waals surface area (Å²) in [6, 6.07) is 0. The van der Waals surface area contributed by atoms with E-state index in [-0.39, 0.29) is 0 Å². The van der Waals surface area contributed by atoms with Crippen LogP contribution in [0.1, 0.15) is 34.6 Å². The quantitative estimate of drug-likeness (QED) is 0.440. The van der Waals surface area contributed by atoms with E-state index in [0.717, 1.165) is 34.6 Å². The van der Waals surface area contributed by atoms with Crippen LogP contribution in [0.15, 0.2) is 0 Å². The molecule has 1 saturated heterocycles. The first-order chi connectivity index (χ1) is 12.4. The summed E-state index contributed by atoms with van der Waals surface area (Å²) in [4.78, 5) is 58.3. The molecule has 5 atom stereocenters. The van der Waals surface area contributed by atoms with Crippen LogP contribution >= 0.6 is 0 Å². The number of carbonyl (C=O) groups excluding carboxylic acids is 5. The van der Waals surface area contributed by atoms with Crippen LogP contribution in [0.25, 0.3) is 0 Å². The van der Waals surface area contributed by atoms with Crippen LogP contribution in [0.3, 0.4) is 0 Å². The molecule has 0 radical (unpaired) electrons. The highest BCUT2D eigenvalue weighted by Gasteiger charge is 2.63. The van der Waals surface area contributed by atoms with Gasteiger partial charge in [0.05, 0.1) is 6.61 Å². The Balaban J connectivity index is 3.57. The second-order valence-electron chi connectivity index (χ2n) is 5.88. The van der Waals surface area contributed by atoms with Crippen molar-refractivity contribution in [2.75, 3.05) is 6.61 Å². The van der Waals surface area contributed by atoms with Gasteiger partial charge in [-0.2, -0.15) is 0 Å². The molecule has 1 aliphatic rings. The summed E-state index contributed by atoms with van der Waals surface area (Å²) in [5.41, 5.74) is -2.22. The second kappa shape index (κ2) is 8.91. The van der Waals surface area contributed by atoms with Gasteiger partial charge in [0.1, 0.15) is 0 Å². The van der Waals surface area contributed by atoms with Crippen molar-refractivity contribution in [1.29, 1.82) is 0 Å². The van der Waals surface area contributed by atoms with Crippen molar-refractivity contribution in [3.63, 3.8) is 0 Å². The molecule has 1 fully saturated rings. The lowest BCUT2D eigenvalue weighted by Crippen LogP contribution is -2.71. The number of Topliss-reactive ketones (excluding diaryl/α,β-unsaturated/α-hetero) is 1. The number of hydrogen-bond donors (Lipinski definition) is 1. The van der Waals surface area contributed by atoms with Gasteiger partial charge in [-0.05, 0) is 6.92 Å². The van der Waals surface area contributed by atoms with Gasteiger partial charge in [0.2, 0.25) is 12.4 Å². The van der Waals surface area contributed by atoms with Gasteiger partial charge in [0.15, 0.2) is 23.6 Å². The molecule has 1 heterocycles. The third-order valence-corrected chi connectivity index (χ3v) is 3.69. The maximum atomic E-state index is 12.3. The lowest BCUT2D eigenvalue weighted by molar-refractivity contribution is -0.322. The van der Waals surface area contributed by atoms with Crippen molar-refractivity contribution in [2.45, 2.75) is 64.8 Å². The summed E-state index contributed by atoms with van der Waals surface area (Å²) in [5, 5.41) is 9.84. The van der Waals surface area contributed by atoms with E-state index in [4.69, 9.17) is 23.7 Å². The van der Waals surface area contributed by atoms with Crippen molar-refractivity contribution in [1.82, 2.24) is 0 Å². The topological polar surface area (TPSA) is 152 Å². The normalized spacial score (nSPS) is 30.0. The highest BCUT2D eigenvalue weighted by molar-refractivity contribution is 5.87. The molecule has 0 bridgehead atoms. The standard InChI is InChI=1S/C16H22O11/c1-7(18)16(6-17)14(25-10(4)21)12(23-8(2)19)13(24-9(3)20)15(27-16)26-11(5)22/h12-15,17H,6H2,1-5H3/t12-,13+,14+,15+,16+/m1/s1. The van der Waals surface area contributed by atoms with E-state index in [1.54, 1.807) is 0 Å². The molecule has 0 spiro atoms. The van der Waals surface area contributed by atoms with Crippen LogP contribution in [0, 0.1) is 0 Å². The highest BCUT2D eigenvalue weighted by atomic mass is 16.8. The zero-order valence-corrected chi connectivity index (χ0v) is 15.5. The zero-order valence-electron chi connectivity index (χ0n) is 15.5. The van der Waals surface area contributed by atoms with E-state index in [9.17, 15) is 29.1 Å². The number of carbonyl (C=O) groups is 5. The van der Waals surface area contributed by atoms with Crippen molar-refractivity contribution in [3.8, 4) is 0 Å². The summed E-state index contributed by atoms with van der Waals surface area (Å²) in [7, 11) is 0. The van der Waals surface area contributed by atoms with Crippen LogP contribution in [0.2, 0.25) is 0 Å². The van der Waals surface area contributed by atoms with Gasteiger partial charge < -0.3 is 28.8 Å². The summed E-state index contributed by atoms with van der Waals surface area (Å²) in [5.74, 6) is -4.26. The molecular weight excluding hydrogens is 368 g/mol. The van der Waals surface area contributed by atoms with E-state index in [0.29, 0.717) is 0 Å². The van der Waals surface area contributed by atoms with Crippen LogP contribution in [-0.4, -0.2) is 71.6 Å². The molecule has 152 valence electrons. The molecule has 0 aliphatic carbocycles. The molecule has 1 aliphatic heterocycles. The van der Waals surface area contributed by atoms with Gasteiger partial charge >= 0.3 is 23.9 Å². The Morgan fingerprint density at radius 2 is 1.22 bits per heavy atom. The number of ether oxygens (including phenoxy) is 5. The minimum atomic E-state index is -2.22. The Hall–Kier alpha value is -2.53. The smallest absolute Gasteiger partial charge is 0.305 e. The van der Waals surface area contributed by atoms with E-state index >= 15 is 0 Å². The van der Waals surface area contributed by atoms with Gasteiger partial charge in [0.25, 0.3) is 0 Å². The molecule has 1 N–H and O–H groups in total. The Kier molecular flexibility index (Phi) is 7.43. The monoisotopic (exact) mass is 390 g/mol. The fourth-order valence-electron chi connectivity index (χ4n) is 2.69. The SMILES string of the molecule is CC(=O)O[C@H]1O[C@@](CO)(C(C)=O)[C@@H](OC(C)=O)[C@H](OC(C)=O)[C@@H]1OC(C)=O. The minimum absolute atomic E-state index is 0.799. The molecule has 1 rings (SSSR count). The largest absolute Gasteiger partial charge is 0.455 e. The van der Waals surface area contributed by atoms with Crippen molar-refractivity contribution in [2.24, 2.45) is 0 Å². The van der Waals surface area contributed by atoms with Gasteiger partial charge in [-0.25, -0.2) is 0 Å². The van der Waals surface area contributed by atoms with Gasteiger partial charge in [-0.15, -0.1) is 0 Å². The molecule has 11 nitrogen and oxygen atoms in total. The second-order valence-corrected chi connectivity index (χ2v) is 5.88. The Labute approximate surface area is 154 Å². The molecule has 11 heteroatoms. The van der Waals surface area contributed by atoms with Gasteiger partial charge in [-0.3, -0.25) is 24.0 Å².